The summed E-state index contributed by atoms with van der Waals surface area (Å²) in [7, 11) is 3.38. The summed E-state index contributed by atoms with van der Waals surface area (Å²) in [6, 6.07) is 10.7. The van der Waals surface area contributed by atoms with E-state index in [-0.39, 0.29) is 24.7 Å². The number of pyridine rings is 1. The molecule has 1 saturated carbocycles. The highest BCUT2D eigenvalue weighted by Gasteiger charge is 2.25. The number of likely N-dealkylation sites (N-methyl/N-ethyl adjacent to an activating group) is 1. The van der Waals surface area contributed by atoms with Crippen LogP contribution in [0.25, 0.3) is 10.8 Å². The summed E-state index contributed by atoms with van der Waals surface area (Å²) < 4.78 is 17.5. The van der Waals surface area contributed by atoms with Crippen molar-refractivity contribution in [2.45, 2.75) is 37.8 Å². The third-order valence-electron chi connectivity index (χ3n) is 6.80. The van der Waals surface area contributed by atoms with E-state index in [1.165, 1.54) is 4.90 Å². The van der Waals surface area contributed by atoms with E-state index in [0.717, 1.165) is 68.6 Å². The Morgan fingerprint density at radius 3 is 2.57 bits per heavy atom. The van der Waals surface area contributed by atoms with Gasteiger partial charge in [-0.1, -0.05) is 18.2 Å². The third kappa shape index (κ3) is 6.37. The second-order valence-corrected chi connectivity index (χ2v) is 9.66. The van der Waals surface area contributed by atoms with Crippen LogP contribution in [0, 0.1) is 0 Å². The Kier molecular flexibility index (Phi) is 7.84. The molecular weight excluding hydrogens is 472 g/mol. The van der Waals surface area contributed by atoms with Crippen LogP contribution in [0.5, 0.6) is 11.6 Å². The molecule has 5 rings (SSSR count). The molecule has 2 aromatic heterocycles. The number of carbonyl (C=O) groups is 1. The lowest BCUT2D eigenvalue weighted by Gasteiger charge is -2.31. The number of morpholine rings is 1. The summed E-state index contributed by atoms with van der Waals surface area (Å²) in [5, 5.41) is 5.60. The Hall–Kier alpha value is -3.66. The fraction of sp³-hybridized carbons (Fsp3) is 0.481. The van der Waals surface area contributed by atoms with Gasteiger partial charge in [0.2, 0.25) is 11.8 Å². The minimum Gasteiger partial charge on any atom is -0.481 e. The van der Waals surface area contributed by atoms with Crippen molar-refractivity contribution in [2.24, 2.45) is 0 Å². The van der Waals surface area contributed by atoms with E-state index in [2.05, 4.69) is 44.5 Å². The summed E-state index contributed by atoms with van der Waals surface area (Å²) in [5.41, 5.74) is 0. The highest BCUT2D eigenvalue weighted by Crippen LogP contribution is 2.32. The summed E-state index contributed by atoms with van der Waals surface area (Å²) in [5.74, 6) is 2.57. The molecule has 0 spiro atoms. The van der Waals surface area contributed by atoms with E-state index >= 15 is 0 Å². The highest BCUT2D eigenvalue weighted by atomic mass is 16.5. The van der Waals surface area contributed by atoms with Gasteiger partial charge in [0.05, 0.1) is 25.6 Å². The molecule has 0 bridgehead atoms. The number of hydrogen-bond acceptors (Lipinski definition) is 9. The minimum absolute atomic E-state index is 0.0351. The molecule has 1 amide bonds. The average molecular weight is 507 g/mol. The number of rotatable bonds is 8. The number of aromatic nitrogens is 3. The van der Waals surface area contributed by atoms with Crippen LogP contribution >= 0.6 is 0 Å². The first kappa shape index (κ1) is 25.0. The first-order valence-electron chi connectivity index (χ1n) is 12.9. The second-order valence-electron chi connectivity index (χ2n) is 9.66. The molecule has 2 fully saturated rings. The largest absolute Gasteiger partial charge is 0.481 e. The fourth-order valence-corrected chi connectivity index (χ4v) is 4.60. The number of fused-ring (bicyclic) bond motifs is 1. The van der Waals surface area contributed by atoms with E-state index in [1.54, 1.807) is 26.5 Å². The van der Waals surface area contributed by atoms with Gasteiger partial charge in [0.15, 0.2) is 12.4 Å². The first-order valence-corrected chi connectivity index (χ1v) is 12.9. The van der Waals surface area contributed by atoms with Gasteiger partial charge in [0.25, 0.3) is 5.91 Å². The Morgan fingerprint density at radius 1 is 1.11 bits per heavy atom. The highest BCUT2D eigenvalue weighted by molar-refractivity contribution is 5.89. The van der Waals surface area contributed by atoms with Crippen LogP contribution in [-0.4, -0.2) is 84.9 Å². The molecule has 1 N–H and O–H groups in total. The minimum atomic E-state index is -0.114. The van der Waals surface area contributed by atoms with Crippen LogP contribution in [0.2, 0.25) is 0 Å². The fourth-order valence-electron chi connectivity index (χ4n) is 4.60. The Bertz CT molecular complexity index is 1190. The summed E-state index contributed by atoms with van der Waals surface area (Å²) >= 11 is 0. The molecule has 196 valence electrons. The first-order chi connectivity index (χ1) is 18.0. The number of anilines is 2. The molecule has 1 saturated heterocycles. The van der Waals surface area contributed by atoms with E-state index < -0.39 is 0 Å². The zero-order chi connectivity index (χ0) is 25.6. The normalized spacial score (nSPS) is 19.9. The number of amides is 1. The molecular formula is C27H34N6O4. The molecule has 1 aliphatic carbocycles. The van der Waals surface area contributed by atoms with Gasteiger partial charge in [-0.25, -0.2) is 9.97 Å². The molecule has 3 heterocycles. The van der Waals surface area contributed by atoms with Crippen LogP contribution in [-0.2, 0) is 9.53 Å². The summed E-state index contributed by atoms with van der Waals surface area (Å²) in [6.07, 6.45) is 7.03. The van der Waals surface area contributed by atoms with Crippen LogP contribution in [0.1, 0.15) is 25.7 Å². The zero-order valence-electron chi connectivity index (χ0n) is 21.4. The molecule has 2 aliphatic rings. The smallest absolute Gasteiger partial charge is 0.259 e. The number of carbonyl (C=O) groups excluding carboxylic acids is 1. The van der Waals surface area contributed by atoms with Crippen molar-refractivity contribution in [1.82, 2.24) is 19.9 Å². The van der Waals surface area contributed by atoms with Gasteiger partial charge >= 0.3 is 0 Å². The van der Waals surface area contributed by atoms with Crippen molar-refractivity contribution in [3.8, 4) is 11.6 Å². The Labute approximate surface area is 216 Å². The van der Waals surface area contributed by atoms with Gasteiger partial charge in [0, 0.05) is 38.6 Å². The van der Waals surface area contributed by atoms with Crippen molar-refractivity contribution in [3.05, 3.63) is 42.7 Å². The molecule has 10 heteroatoms. The number of hydrogen-bond donors (Lipinski definition) is 1. The molecule has 1 aromatic carbocycles. The number of nitrogens with zero attached hydrogens (tertiary/aromatic N) is 5. The number of benzene rings is 1. The van der Waals surface area contributed by atoms with Crippen molar-refractivity contribution in [1.29, 1.82) is 0 Å². The molecule has 37 heavy (non-hydrogen) atoms. The zero-order valence-corrected chi connectivity index (χ0v) is 21.4. The van der Waals surface area contributed by atoms with Gasteiger partial charge < -0.3 is 29.3 Å². The van der Waals surface area contributed by atoms with Crippen molar-refractivity contribution in [3.63, 3.8) is 0 Å². The molecule has 0 unspecified atom stereocenters. The van der Waals surface area contributed by atoms with E-state index in [4.69, 9.17) is 19.2 Å². The van der Waals surface area contributed by atoms with Crippen LogP contribution in [0.15, 0.2) is 42.7 Å². The lowest BCUT2D eigenvalue weighted by molar-refractivity contribution is -0.130. The quantitative estimate of drug-likeness (QED) is 0.494. The molecule has 3 aromatic rings. The van der Waals surface area contributed by atoms with Gasteiger partial charge in [-0.05, 0) is 43.2 Å². The number of nitrogens with one attached hydrogen (secondary N) is 1. The number of ether oxygens (including phenoxy) is 3. The molecule has 0 atom stereocenters. The Balaban J connectivity index is 1.16. The topological polar surface area (TPSA) is 102 Å². The maximum atomic E-state index is 11.7. The van der Waals surface area contributed by atoms with Gasteiger partial charge in [-0.3, -0.25) is 4.79 Å². The van der Waals surface area contributed by atoms with Gasteiger partial charge in [-0.15, -0.1) is 0 Å². The van der Waals surface area contributed by atoms with Crippen LogP contribution < -0.4 is 19.7 Å². The third-order valence-corrected chi connectivity index (χ3v) is 6.80. The van der Waals surface area contributed by atoms with Gasteiger partial charge in [-0.2, -0.15) is 4.98 Å². The van der Waals surface area contributed by atoms with Crippen molar-refractivity contribution >= 4 is 28.4 Å². The van der Waals surface area contributed by atoms with Crippen LogP contribution in [0.3, 0.4) is 0 Å². The molecule has 10 nitrogen and oxygen atoms in total. The summed E-state index contributed by atoms with van der Waals surface area (Å²) in [4.78, 5) is 29.0. The lowest BCUT2D eigenvalue weighted by atomic mass is 9.93. The van der Waals surface area contributed by atoms with Crippen molar-refractivity contribution < 1.29 is 19.0 Å². The van der Waals surface area contributed by atoms with E-state index in [9.17, 15) is 4.79 Å². The molecule has 1 aliphatic heterocycles. The lowest BCUT2D eigenvalue weighted by Crippen LogP contribution is -2.37. The summed E-state index contributed by atoms with van der Waals surface area (Å²) in [6.45, 7) is 3.08. The maximum Gasteiger partial charge on any atom is 0.259 e. The van der Waals surface area contributed by atoms with Gasteiger partial charge in [0.1, 0.15) is 11.9 Å². The maximum absolute atomic E-state index is 11.7. The Morgan fingerprint density at radius 2 is 1.84 bits per heavy atom. The average Bonchev–Trinajstić information content (AvgIpc) is 2.94. The predicted octanol–water partition coefficient (Wildman–Crippen LogP) is 3.13. The standard InChI is InChI=1S/C27H34N6O4/c1-32(2)25(34)18-36-22-16-28-27(29-17-22)30-20-7-9-21(10-8-20)37-26-23-6-4-3-5-19(23)15-24(31-26)33-11-13-35-14-12-33/h3-6,15-17,20-21H,7-14,18H2,1-2H3,(H,28,29,30). The molecule has 0 radical (unpaired) electrons. The van der Waals surface area contributed by atoms with E-state index in [0.29, 0.717) is 17.6 Å². The van der Waals surface area contributed by atoms with Crippen molar-refractivity contribution in [2.75, 3.05) is 57.2 Å². The monoisotopic (exact) mass is 506 g/mol. The van der Waals surface area contributed by atoms with E-state index in [1.807, 2.05) is 6.07 Å². The predicted molar refractivity (Wildman–Crippen MR) is 141 cm³/mol. The van der Waals surface area contributed by atoms with Crippen LogP contribution in [0.4, 0.5) is 11.8 Å². The SMILES string of the molecule is CN(C)C(=O)COc1cnc(NC2CCC(Oc3nc(N4CCOCC4)cc4ccccc34)CC2)nc1. The second kappa shape index (κ2) is 11.6.